The average Bonchev–Trinajstić information content (AvgIpc) is 3.10. The highest BCUT2D eigenvalue weighted by Crippen LogP contribution is 2.27. The van der Waals surface area contributed by atoms with E-state index in [1.165, 1.54) is 0 Å². The van der Waals surface area contributed by atoms with Crippen LogP contribution in [-0.2, 0) is 4.74 Å². The predicted octanol–water partition coefficient (Wildman–Crippen LogP) is 2.09. The van der Waals surface area contributed by atoms with Crippen molar-refractivity contribution in [3.05, 3.63) is 52.9 Å². The number of amides is 1. The molecule has 3 aromatic rings. The summed E-state index contributed by atoms with van der Waals surface area (Å²) in [6, 6.07) is 11.0. The zero-order valence-electron chi connectivity index (χ0n) is 14.6. The number of carbonyl (C=O) groups excluding carboxylic acids is 1. The number of nitrogens with zero attached hydrogens (tertiary/aromatic N) is 4. The topological polar surface area (TPSA) is 81.0 Å². The number of pyridine rings is 1. The summed E-state index contributed by atoms with van der Waals surface area (Å²) in [5.41, 5.74) is 1.54. The molecule has 0 saturated heterocycles. The average molecular weight is 432 g/mol. The van der Waals surface area contributed by atoms with E-state index in [0.29, 0.717) is 19.0 Å². The first-order valence-corrected chi connectivity index (χ1v) is 9.23. The van der Waals surface area contributed by atoms with Crippen LogP contribution in [-0.4, -0.2) is 53.5 Å². The standard InChI is InChI=1S/C18H18BrN5O3/c1-23-11-26-9-13(10-27-15-5-3-2-4-14(15)23)20-18(25)17-22-21-16-7-6-12(19)8-24(16)17/h2-8,13H,9-11H2,1H3,(H,20,25)/t13-/m1/s1. The summed E-state index contributed by atoms with van der Waals surface area (Å²) in [6.07, 6.45) is 1.76. The second-order valence-corrected chi connectivity index (χ2v) is 7.16. The monoisotopic (exact) mass is 431 g/mol. The van der Waals surface area contributed by atoms with Gasteiger partial charge in [0.05, 0.1) is 18.3 Å². The Kier molecular flexibility index (Phi) is 4.95. The molecule has 1 amide bonds. The molecule has 0 aliphatic carbocycles. The second kappa shape index (κ2) is 7.53. The number of hydrogen-bond acceptors (Lipinski definition) is 6. The Balaban J connectivity index is 1.52. The number of hydrogen-bond donors (Lipinski definition) is 1. The minimum Gasteiger partial charge on any atom is -0.489 e. The summed E-state index contributed by atoms with van der Waals surface area (Å²) in [4.78, 5) is 14.7. The van der Waals surface area contributed by atoms with Gasteiger partial charge in [0.25, 0.3) is 5.91 Å². The maximum atomic E-state index is 12.7. The summed E-state index contributed by atoms with van der Waals surface area (Å²) >= 11 is 3.39. The fraction of sp³-hybridized carbons (Fsp3) is 0.278. The SMILES string of the molecule is CN1COC[C@@H](NC(=O)c2nnc3ccc(Br)cn23)COc2ccccc21. The number of benzene rings is 1. The molecule has 27 heavy (non-hydrogen) atoms. The fourth-order valence-electron chi connectivity index (χ4n) is 2.89. The summed E-state index contributed by atoms with van der Waals surface area (Å²) in [5, 5.41) is 11.0. The number of carbonyl (C=O) groups is 1. The molecule has 0 saturated carbocycles. The number of fused-ring (bicyclic) bond motifs is 2. The third-order valence-electron chi connectivity index (χ3n) is 4.23. The van der Waals surface area contributed by atoms with Gasteiger partial charge >= 0.3 is 0 Å². The van der Waals surface area contributed by atoms with Gasteiger partial charge in [-0.3, -0.25) is 9.20 Å². The molecule has 0 spiro atoms. The van der Waals surface area contributed by atoms with Crippen LogP contribution < -0.4 is 15.0 Å². The largest absolute Gasteiger partial charge is 0.489 e. The number of nitrogens with one attached hydrogen (secondary N) is 1. The van der Waals surface area contributed by atoms with E-state index in [0.717, 1.165) is 15.9 Å². The highest BCUT2D eigenvalue weighted by Gasteiger charge is 2.22. The summed E-state index contributed by atoms with van der Waals surface area (Å²) in [6.45, 7) is 1.01. The van der Waals surface area contributed by atoms with Gasteiger partial charge in [0.15, 0.2) is 5.65 Å². The van der Waals surface area contributed by atoms with Crippen molar-refractivity contribution in [2.45, 2.75) is 6.04 Å². The Morgan fingerprint density at radius 2 is 2.07 bits per heavy atom. The van der Waals surface area contributed by atoms with Crippen molar-refractivity contribution in [1.29, 1.82) is 0 Å². The third-order valence-corrected chi connectivity index (χ3v) is 4.69. The quantitative estimate of drug-likeness (QED) is 0.668. The van der Waals surface area contributed by atoms with Crippen molar-refractivity contribution >= 4 is 33.2 Å². The van der Waals surface area contributed by atoms with Gasteiger partial charge in [0, 0.05) is 17.7 Å². The van der Waals surface area contributed by atoms with Crippen LogP contribution in [0.1, 0.15) is 10.6 Å². The molecule has 140 valence electrons. The lowest BCUT2D eigenvalue weighted by Gasteiger charge is -2.20. The van der Waals surface area contributed by atoms with Gasteiger partial charge in [-0.25, -0.2) is 0 Å². The highest BCUT2D eigenvalue weighted by atomic mass is 79.9. The molecule has 3 heterocycles. The van der Waals surface area contributed by atoms with Gasteiger partial charge in [-0.15, -0.1) is 10.2 Å². The van der Waals surface area contributed by atoms with Crippen LogP contribution in [0.3, 0.4) is 0 Å². The van der Waals surface area contributed by atoms with Gasteiger partial charge in [-0.1, -0.05) is 12.1 Å². The lowest BCUT2D eigenvalue weighted by Crippen LogP contribution is -2.43. The first-order chi connectivity index (χ1) is 13.1. The van der Waals surface area contributed by atoms with E-state index in [-0.39, 0.29) is 24.4 Å². The molecular weight excluding hydrogens is 414 g/mol. The smallest absolute Gasteiger partial charge is 0.290 e. The van der Waals surface area contributed by atoms with E-state index in [2.05, 4.69) is 31.4 Å². The van der Waals surface area contributed by atoms with E-state index >= 15 is 0 Å². The lowest BCUT2D eigenvalue weighted by atomic mass is 10.2. The van der Waals surface area contributed by atoms with Crippen LogP contribution in [0, 0.1) is 0 Å². The Hall–Kier alpha value is -2.65. The number of para-hydroxylation sites is 2. The zero-order valence-corrected chi connectivity index (χ0v) is 16.2. The molecular formula is C18H18BrN5O3. The van der Waals surface area contributed by atoms with Crippen LogP contribution in [0.5, 0.6) is 5.75 Å². The summed E-state index contributed by atoms with van der Waals surface area (Å²) in [5.74, 6) is 0.629. The van der Waals surface area contributed by atoms with E-state index in [1.807, 2.05) is 42.3 Å². The number of rotatable bonds is 2. The van der Waals surface area contributed by atoms with Crippen molar-refractivity contribution in [2.24, 2.45) is 0 Å². The van der Waals surface area contributed by atoms with Gasteiger partial charge in [0.1, 0.15) is 19.1 Å². The van der Waals surface area contributed by atoms with E-state index in [4.69, 9.17) is 9.47 Å². The van der Waals surface area contributed by atoms with Gasteiger partial charge in [0.2, 0.25) is 5.82 Å². The Labute approximate surface area is 164 Å². The minimum atomic E-state index is -0.335. The molecule has 0 fully saturated rings. The highest BCUT2D eigenvalue weighted by molar-refractivity contribution is 9.10. The Bertz CT molecular complexity index is 977. The minimum absolute atomic E-state index is 0.212. The molecule has 9 heteroatoms. The van der Waals surface area contributed by atoms with Gasteiger partial charge < -0.3 is 19.7 Å². The van der Waals surface area contributed by atoms with Gasteiger partial charge in [-0.2, -0.15) is 0 Å². The van der Waals surface area contributed by atoms with Gasteiger partial charge in [-0.05, 0) is 40.2 Å². The molecule has 4 rings (SSSR count). The molecule has 8 nitrogen and oxygen atoms in total. The maximum absolute atomic E-state index is 12.7. The summed E-state index contributed by atoms with van der Waals surface area (Å²) in [7, 11) is 1.93. The number of ether oxygens (including phenoxy) is 2. The van der Waals surface area contributed by atoms with Crippen LogP contribution in [0.25, 0.3) is 5.65 Å². The van der Waals surface area contributed by atoms with Crippen LogP contribution in [0.4, 0.5) is 5.69 Å². The van der Waals surface area contributed by atoms with Crippen molar-refractivity contribution in [1.82, 2.24) is 19.9 Å². The summed E-state index contributed by atoms with van der Waals surface area (Å²) < 4.78 is 14.1. The molecule has 2 aromatic heterocycles. The van der Waals surface area contributed by atoms with Crippen LogP contribution in [0.2, 0.25) is 0 Å². The number of anilines is 1. The Morgan fingerprint density at radius 1 is 1.22 bits per heavy atom. The van der Waals surface area contributed by atoms with E-state index in [1.54, 1.807) is 16.7 Å². The molecule has 1 aromatic carbocycles. The fourth-order valence-corrected chi connectivity index (χ4v) is 3.22. The molecule has 1 N–H and O–H groups in total. The first-order valence-electron chi connectivity index (χ1n) is 8.43. The molecule has 0 radical (unpaired) electrons. The zero-order chi connectivity index (χ0) is 18.8. The molecule has 1 aliphatic rings. The number of halogens is 1. The van der Waals surface area contributed by atoms with Crippen molar-refractivity contribution < 1.29 is 14.3 Å². The van der Waals surface area contributed by atoms with E-state index in [9.17, 15) is 4.79 Å². The van der Waals surface area contributed by atoms with Crippen molar-refractivity contribution in [3.63, 3.8) is 0 Å². The second-order valence-electron chi connectivity index (χ2n) is 6.25. The van der Waals surface area contributed by atoms with Crippen LogP contribution >= 0.6 is 15.9 Å². The number of aromatic nitrogens is 3. The van der Waals surface area contributed by atoms with Crippen molar-refractivity contribution in [2.75, 3.05) is 31.9 Å². The Morgan fingerprint density at radius 3 is 2.96 bits per heavy atom. The van der Waals surface area contributed by atoms with Crippen molar-refractivity contribution in [3.8, 4) is 5.75 Å². The first kappa shape index (κ1) is 17.7. The molecule has 0 bridgehead atoms. The van der Waals surface area contributed by atoms with Crippen LogP contribution in [0.15, 0.2) is 47.1 Å². The third kappa shape index (κ3) is 3.74. The molecule has 0 unspecified atom stereocenters. The maximum Gasteiger partial charge on any atom is 0.290 e. The van der Waals surface area contributed by atoms with E-state index < -0.39 is 0 Å². The predicted molar refractivity (Wildman–Crippen MR) is 103 cm³/mol. The molecule has 1 aliphatic heterocycles. The normalized spacial score (nSPS) is 17.4. The lowest BCUT2D eigenvalue weighted by molar-refractivity contribution is 0.0777. The molecule has 1 atom stereocenters.